The van der Waals surface area contributed by atoms with Gasteiger partial charge in [-0.1, -0.05) is 18.2 Å². The normalized spacial score (nSPS) is 18.6. The summed E-state index contributed by atoms with van der Waals surface area (Å²) in [6.45, 7) is 2.06. The zero-order valence-corrected chi connectivity index (χ0v) is 16.9. The van der Waals surface area contributed by atoms with E-state index in [0.29, 0.717) is 25.1 Å². The Hall–Kier alpha value is -2.78. The summed E-state index contributed by atoms with van der Waals surface area (Å²) in [5, 5.41) is 5.37. The van der Waals surface area contributed by atoms with E-state index in [-0.39, 0.29) is 23.3 Å². The average Bonchev–Trinajstić information content (AvgIpc) is 2.75. The van der Waals surface area contributed by atoms with Crippen molar-refractivity contribution in [3.05, 3.63) is 54.9 Å². The number of sulfonamides is 1. The molecule has 0 unspecified atom stereocenters. The number of nitrogens with zero attached hydrogens (tertiary/aromatic N) is 2. The van der Waals surface area contributed by atoms with Crippen LogP contribution < -0.4 is 10.6 Å². The molecular formula is C20H24N4O4S. The fourth-order valence-electron chi connectivity index (χ4n) is 3.20. The number of carbonyl (C=O) groups excluding carboxylic acids is 2. The van der Waals surface area contributed by atoms with Crippen LogP contribution in [0.2, 0.25) is 0 Å². The summed E-state index contributed by atoms with van der Waals surface area (Å²) in [5.74, 6) is -1.20. The quantitative estimate of drug-likeness (QED) is 0.744. The number of benzene rings is 1. The minimum atomic E-state index is -3.65. The van der Waals surface area contributed by atoms with Crippen LogP contribution in [0.4, 0.5) is 5.69 Å². The second-order valence-electron chi connectivity index (χ2n) is 6.98. The molecule has 1 aromatic carbocycles. The second kappa shape index (κ2) is 9.15. The summed E-state index contributed by atoms with van der Waals surface area (Å²) < 4.78 is 27.0. The highest BCUT2D eigenvalue weighted by Crippen LogP contribution is 2.24. The minimum Gasteiger partial charge on any atom is -0.344 e. The number of hydrogen-bond donors (Lipinski definition) is 2. The first-order valence-corrected chi connectivity index (χ1v) is 10.9. The summed E-state index contributed by atoms with van der Waals surface area (Å²) >= 11 is 0. The SMILES string of the molecule is C[C@H](NC(=O)[C@H]1CCCN(S(=O)(=O)c2ccccc2)C1)C(=O)Nc1cccnc1. The zero-order valence-electron chi connectivity index (χ0n) is 16.1. The van der Waals surface area contributed by atoms with Gasteiger partial charge in [0.05, 0.1) is 22.7 Å². The molecule has 0 saturated carbocycles. The van der Waals surface area contributed by atoms with Crippen molar-refractivity contribution in [2.75, 3.05) is 18.4 Å². The number of hydrogen-bond acceptors (Lipinski definition) is 5. The standard InChI is InChI=1S/C20H24N4O4S/c1-15(19(25)23-17-8-5-11-21-13-17)22-20(26)16-7-6-12-24(14-16)29(27,28)18-9-3-2-4-10-18/h2-5,8-11,13,15-16H,6-7,12,14H2,1H3,(H,22,26)(H,23,25)/t15-,16-/m0/s1. The van der Waals surface area contributed by atoms with E-state index in [9.17, 15) is 18.0 Å². The molecule has 9 heteroatoms. The Morgan fingerprint density at radius 3 is 2.62 bits per heavy atom. The third-order valence-electron chi connectivity index (χ3n) is 4.82. The predicted octanol–water partition coefficient (Wildman–Crippen LogP) is 1.63. The van der Waals surface area contributed by atoms with Gasteiger partial charge in [0.15, 0.2) is 0 Å². The molecule has 29 heavy (non-hydrogen) atoms. The van der Waals surface area contributed by atoms with E-state index < -0.39 is 22.0 Å². The maximum absolute atomic E-state index is 12.8. The molecule has 1 aliphatic rings. The summed E-state index contributed by atoms with van der Waals surface area (Å²) in [5.41, 5.74) is 0.538. The van der Waals surface area contributed by atoms with Crippen molar-refractivity contribution in [2.45, 2.75) is 30.7 Å². The third kappa shape index (κ3) is 5.18. The number of rotatable bonds is 6. The van der Waals surface area contributed by atoms with Crippen LogP contribution in [0.3, 0.4) is 0 Å². The van der Waals surface area contributed by atoms with Crippen LogP contribution >= 0.6 is 0 Å². The van der Waals surface area contributed by atoms with Crippen molar-refractivity contribution >= 4 is 27.5 Å². The van der Waals surface area contributed by atoms with Gasteiger partial charge in [0.25, 0.3) is 0 Å². The van der Waals surface area contributed by atoms with Crippen LogP contribution in [0, 0.1) is 5.92 Å². The summed E-state index contributed by atoms with van der Waals surface area (Å²) in [6.07, 6.45) is 4.27. The molecule has 3 rings (SSSR count). The lowest BCUT2D eigenvalue weighted by molar-refractivity contribution is -0.129. The highest BCUT2D eigenvalue weighted by Gasteiger charge is 2.34. The van der Waals surface area contributed by atoms with Crippen LogP contribution in [0.5, 0.6) is 0 Å². The zero-order chi connectivity index (χ0) is 20.9. The molecule has 0 spiro atoms. The largest absolute Gasteiger partial charge is 0.344 e. The maximum atomic E-state index is 12.8. The van der Waals surface area contributed by atoms with Gasteiger partial charge < -0.3 is 10.6 Å². The van der Waals surface area contributed by atoms with Crippen LogP contribution in [0.25, 0.3) is 0 Å². The number of nitrogens with one attached hydrogen (secondary N) is 2. The number of anilines is 1. The Kier molecular flexibility index (Phi) is 6.60. The molecule has 0 aliphatic carbocycles. The van der Waals surface area contributed by atoms with Crippen LogP contribution in [-0.2, 0) is 19.6 Å². The smallest absolute Gasteiger partial charge is 0.246 e. The first-order chi connectivity index (χ1) is 13.9. The number of piperidine rings is 1. The monoisotopic (exact) mass is 416 g/mol. The maximum Gasteiger partial charge on any atom is 0.246 e. The number of aromatic nitrogens is 1. The summed E-state index contributed by atoms with van der Waals surface area (Å²) in [6, 6.07) is 10.8. The number of carbonyl (C=O) groups is 2. The molecule has 0 radical (unpaired) electrons. The fourth-order valence-corrected chi connectivity index (χ4v) is 4.75. The van der Waals surface area contributed by atoms with Crippen molar-refractivity contribution in [3.8, 4) is 0 Å². The average molecular weight is 417 g/mol. The van der Waals surface area contributed by atoms with Gasteiger partial charge in [-0.15, -0.1) is 0 Å². The van der Waals surface area contributed by atoms with Gasteiger partial charge in [-0.05, 0) is 44.0 Å². The molecule has 2 N–H and O–H groups in total. The first kappa shape index (κ1) is 20.9. The van der Waals surface area contributed by atoms with Gasteiger partial charge >= 0.3 is 0 Å². The molecular weight excluding hydrogens is 392 g/mol. The Balaban J connectivity index is 1.60. The van der Waals surface area contributed by atoms with Crippen LogP contribution in [0.15, 0.2) is 59.8 Å². The van der Waals surface area contributed by atoms with Gasteiger partial charge in [0.1, 0.15) is 6.04 Å². The van der Waals surface area contributed by atoms with Gasteiger partial charge in [0, 0.05) is 19.3 Å². The molecule has 2 heterocycles. The molecule has 0 bridgehead atoms. The predicted molar refractivity (Wildman–Crippen MR) is 108 cm³/mol. The summed E-state index contributed by atoms with van der Waals surface area (Å²) in [4.78, 5) is 29.1. The van der Waals surface area contributed by atoms with E-state index in [1.807, 2.05) is 0 Å². The number of pyridine rings is 1. The van der Waals surface area contributed by atoms with Crippen molar-refractivity contribution in [3.63, 3.8) is 0 Å². The van der Waals surface area contributed by atoms with E-state index in [2.05, 4.69) is 15.6 Å². The third-order valence-corrected chi connectivity index (χ3v) is 6.70. The molecule has 1 aliphatic heterocycles. The lowest BCUT2D eigenvalue weighted by atomic mass is 9.98. The number of amides is 2. The lowest BCUT2D eigenvalue weighted by Gasteiger charge is -2.31. The van der Waals surface area contributed by atoms with Gasteiger partial charge in [-0.3, -0.25) is 14.6 Å². The Morgan fingerprint density at radius 1 is 1.17 bits per heavy atom. The molecule has 2 atom stereocenters. The molecule has 1 aromatic heterocycles. The van der Waals surface area contributed by atoms with Gasteiger partial charge in [0.2, 0.25) is 21.8 Å². The molecule has 2 amide bonds. The molecule has 8 nitrogen and oxygen atoms in total. The topological polar surface area (TPSA) is 108 Å². The Bertz CT molecular complexity index is 951. The van der Waals surface area contributed by atoms with Crippen molar-refractivity contribution in [1.82, 2.24) is 14.6 Å². The molecule has 154 valence electrons. The van der Waals surface area contributed by atoms with Crippen LogP contribution in [0.1, 0.15) is 19.8 Å². The van der Waals surface area contributed by atoms with E-state index in [1.54, 1.807) is 55.6 Å². The van der Waals surface area contributed by atoms with Crippen molar-refractivity contribution in [1.29, 1.82) is 0 Å². The highest BCUT2D eigenvalue weighted by molar-refractivity contribution is 7.89. The van der Waals surface area contributed by atoms with E-state index in [0.717, 1.165) is 0 Å². The summed E-state index contributed by atoms with van der Waals surface area (Å²) in [7, 11) is -3.65. The van der Waals surface area contributed by atoms with Crippen molar-refractivity contribution in [2.24, 2.45) is 5.92 Å². The Morgan fingerprint density at radius 2 is 1.93 bits per heavy atom. The highest BCUT2D eigenvalue weighted by atomic mass is 32.2. The molecule has 1 fully saturated rings. The molecule has 1 saturated heterocycles. The lowest BCUT2D eigenvalue weighted by Crippen LogP contribution is -2.49. The second-order valence-corrected chi connectivity index (χ2v) is 8.91. The first-order valence-electron chi connectivity index (χ1n) is 9.44. The van der Waals surface area contributed by atoms with E-state index in [4.69, 9.17) is 0 Å². The Labute approximate surface area is 170 Å². The van der Waals surface area contributed by atoms with Gasteiger partial charge in [-0.2, -0.15) is 4.31 Å². The fraction of sp³-hybridized carbons (Fsp3) is 0.350. The van der Waals surface area contributed by atoms with E-state index >= 15 is 0 Å². The van der Waals surface area contributed by atoms with E-state index in [1.165, 1.54) is 10.5 Å². The van der Waals surface area contributed by atoms with Gasteiger partial charge in [-0.25, -0.2) is 8.42 Å². The minimum absolute atomic E-state index is 0.0972. The molecule has 2 aromatic rings. The van der Waals surface area contributed by atoms with Crippen LogP contribution in [-0.4, -0.2) is 48.7 Å². The van der Waals surface area contributed by atoms with Crippen molar-refractivity contribution < 1.29 is 18.0 Å².